The molecule has 9 heterocycles. The van der Waals surface area contributed by atoms with Gasteiger partial charge in [0.15, 0.2) is 32.5 Å². The van der Waals surface area contributed by atoms with E-state index in [0.717, 1.165) is 0 Å². The average molecular weight is 1500 g/mol. The fraction of sp³-hybridized carbons (Fsp3) is 0.355. The molecule has 4 N–H and O–H groups in total. The van der Waals surface area contributed by atoms with Crippen molar-refractivity contribution in [3.8, 4) is 0 Å². The highest BCUT2D eigenvalue weighted by molar-refractivity contribution is 9.10. The Hall–Kier alpha value is -7.20. The highest BCUT2D eigenvalue weighted by Gasteiger charge is 2.40. The van der Waals surface area contributed by atoms with Gasteiger partial charge in [0.2, 0.25) is 0 Å². The molecule has 3 aromatic carbocycles. The Bertz CT molecular complexity index is 3780. The number of carbonyl (C=O) groups excluding carboxylic acids is 3. The number of ether oxygens (including phenoxy) is 4. The zero-order chi connectivity index (χ0) is 66.7. The van der Waals surface area contributed by atoms with Gasteiger partial charge in [0.1, 0.15) is 54.5 Å². The van der Waals surface area contributed by atoms with Crippen LogP contribution in [0, 0.1) is 17.5 Å². The van der Waals surface area contributed by atoms with Gasteiger partial charge < -0.3 is 40.0 Å². The van der Waals surface area contributed by atoms with Gasteiger partial charge in [-0.1, -0.05) is 61.7 Å². The molecule has 0 amide bonds. The number of thiazole rings is 3. The number of esters is 3. The molecule has 0 aliphatic carbocycles. The number of amidine groups is 3. The number of rotatable bonds is 21. The van der Waals surface area contributed by atoms with Crippen LogP contribution in [0.4, 0.5) is 22.0 Å². The standard InChI is InChI=1S/C22H22BrFN4O5S.C20H19BrF2N4O2S.C20H19ClF2N4O2S/c1-2-32-22(31)18-16(10-28-8-13(9-28)33-11-17(29)30)26-20(21-25-5-6-34-21)27-19(18)14-4-3-12(24)7-15(14)23;2*1-2-29-20(28)16-15(10-27-8-12(23)9-27)25-18(19-24-5-6-30-19)26-17(16)13-4-3-11(22)7-14(13)21/h3-7,13,19H,2,8-11H2,1H3,(H,26,27)(H,29,30);2*3-7,12,17H,2,8-10H2,1H3,(H,25,26)/t19-;2*17-/m000/s1. The molecule has 32 heteroatoms. The molecule has 3 atom stereocenters. The maximum atomic E-state index is 13.8. The van der Waals surface area contributed by atoms with Gasteiger partial charge in [-0.05, 0) is 68.3 Å². The maximum absolute atomic E-state index is 13.8. The van der Waals surface area contributed by atoms with Gasteiger partial charge in [-0.15, -0.1) is 34.0 Å². The van der Waals surface area contributed by atoms with E-state index in [4.69, 9.17) is 45.6 Å². The molecule has 0 bridgehead atoms. The molecule has 3 fully saturated rings. The summed E-state index contributed by atoms with van der Waals surface area (Å²) in [5, 5.41) is 26.0. The second kappa shape index (κ2) is 32.0. The number of benzene rings is 3. The topological polar surface area (TPSA) is 247 Å². The van der Waals surface area contributed by atoms with E-state index in [1.807, 2.05) is 30.8 Å². The minimum Gasteiger partial charge on any atom is -0.480 e. The minimum atomic E-state index is -1.02. The Labute approximate surface area is 569 Å². The van der Waals surface area contributed by atoms with E-state index in [1.54, 1.807) is 51.5 Å². The van der Waals surface area contributed by atoms with Gasteiger partial charge in [-0.3, -0.25) is 29.7 Å². The van der Waals surface area contributed by atoms with Crippen LogP contribution in [-0.2, 0) is 38.1 Å². The van der Waals surface area contributed by atoms with E-state index in [1.165, 1.54) is 76.5 Å². The number of nitrogens with one attached hydrogen (secondary N) is 3. The molecule has 0 saturated carbocycles. The lowest BCUT2D eigenvalue weighted by Crippen LogP contribution is -2.54. The Morgan fingerprint density at radius 2 is 0.894 bits per heavy atom. The predicted molar refractivity (Wildman–Crippen MR) is 351 cm³/mol. The number of carboxylic acids is 1. The molecule has 12 rings (SSSR count). The number of aromatic nitrogens is 3. The molecule has 6 aliphatic heterocycles. The van der Waals surface area contributed by atoms with Crippen molar-refractivity contribution in [1.29, 1.82) is 0 Å². The summed E-state index contributed by atoms with van der Waals surface area (Å²) in [4.78, 5) is 82.6. The van der Waals surface area contributed by atoms with Crippen molar-refractivity contribution in [2.45, 2.75) is 57.3 Å². The Balaban J connectivity index is 0.000000154. The third-order valence-electron chi connectivity index (χ3n) is 14.9. The molecule has 496 valence electrons. The van der Waals surface area contributed by atoms with Crippen molar-refractivity contribution in [2.24, 2.45) is 15.0 Å². The van der Waals surface area contributed by atoms with Gasteiger partial charge >= 0.3 is 23.9 Å². The quantitative estimate of drug-likeness (QED) is 0.0297. The monoisotopic (exact) mass is 1500 g/mol. The number of alkyl halides is 2. The highest BCUT2D eigenvalue weighted by Crippen LogP contribution is 2.41. The number of aliphatic carboxylic acids is 1. The van der Waals surface area contributed by atoms with Crippen LogP contribution in [-0.4, -0.2) is 180 Å². The summed E-state index contributed by atoms with van der Waals surface area (Å²) in [6.45, 7) is 8.60. The van der Waals surface area contributed by atoms with Gasteiger partial charge in [-0.2, -0.15) is 0 Å². The van der Waals surface area contributed by atoms with Crippen LogP contribution in [0.1, 0.15) is 70.6 Å². The Morgan fingerprint density at radius 1 is 0.553 bits per heavy atom. The first-order valence-electron chi connectivity index (χ1n) is 29.4. The van der Waals surface area contributed by atoms with Crippen LogP contribution >= 0.6 is 77.5 Å². The number of hydrogen-bond acceptors (Lipinski definition) is 23. The number of carboxylic acid groups (broad SMARTS) is 1. The van der Waals surface area contributed by atoms with Crippen molar-refractivity contribution in [2.75, 3.05) is 85.3 Å². The summed E-state index contributed by atoms with van der Waals surface area (Å²) in [7, 11) is 0. The highest BCUT2D eigenvalue weighted by atomic mass is 79.9. The number of carbonyl (C=O) groups is 4. The van der Waals surface area contributed by atoms with E-state index in [2.05, 4.69) is 67.8 Å². The first-order chi connectivity index (χ1) is 45.3. The second-order valence-corrected chi connectivity index (χ2v) is 26.3. The van der Waals surface area contributed by atoms with Crippen LogP contribution in [0.2, 0.25) is 5.02 Å². The number of likely N-dealkylation sites (tertiary alicyclic amines) is 3. The molecule has 6 aliphatic rings. The summed E-state index contributed by atoms with van der Waals surface area (Å²) in [6.07, 6.45) is 3.04. The summed E-state index contributed by atoms with van der Waals surface area (Å²) in [5.74, 6) is -2.43. The van der Waals surface area contributed by atoms with Crippen LogP contribution in [0.15, 0.2) is 147 Å². The van der Waals surface area contributed by atoms with Crippen LogP contribution in [0.3, 0.4) is 0 Å². The molecule has 0 spiro atoms. The Kier molecular flexibility index (Phi) is 23.7. The largest absolute Gasteiger partial charge is 0.480 e. The third-order valence-corrected chi connectivity index (χ3v) is 18.9. The molecule has 3 saturated heterocycles. The first-order valence-corrected chi connectivity index (χ1v) is 34.0. The molecule has 21 nitrogen and oxygen atoms in total. The first kappa shape index (κ1) is 69.6. The summed E-state index contributed by atoms with van der Waals surface area (Å²) in [5.41, 5.74) is 4.36. The third kappa shape index (κ3) is 17.1. The predicted octanol–water partition coefficient (Wildman–Crippen LogP) is 9.84. The van der Waals surface area contributed by atoms with Crippen molar-refractivity contribution >= 4 is 119 Å². The molecular weight excluding hydrogens is 1440 g/mol. The smallest absolute Gasteiger partial charge is 0.338 e. The number of hydrogen-bond donors (Lipinski definition) is 4. The lowest BCUT2D eigenvalue weighted by molar-refractivity contribution is -0.148. The summed E-state index contributed by atoms with van der Waals surface area (Å²) >= 11 is 17.3. The zero-order valence-electron chi connectivity index (χ0n) is 50.3. The summed E-state index contributed by atoms with van der Waals surface area (Å²) in [6, 6.07) is 10.2. The second-order valence-electron chi connectivity index (χ2n) is 21.5. The molecule has 3 aromatic heterocycles. The summed E-state index contributed by atoms with van der Waals surface area (Å²) < 4.78 is 90.1. The van der Waals surface area contributed by atoms with E-state index in [0.29, 0.717) is 132 Å². The fourth-order valence-corrected chi connectivity index (χ4v) is 13.8. The molecule has 94 heavy (non-hydrogen) atoms. The normalized spacial score (nSPS) is 19.5. The SMILES string of the molecule is CCOC(=O)C1=C(CN2CC(F)C2)NC(c2nccs2)=N[C@H]1c1ccc(F)cc1Br.CCOC(=O)C1=C(CN2CC(F)C2)NC(c2nccs2)=N[C@H]1c1ccc(F)cc1Cl.CCOC(=O)C1=C(CN2CC(OCC(=O)O)C2)NC(c2nccs2)=N[C@H]1c1ccc(F)cc1Br. The average Bonchev–Trinajstić information content (AvgIpc) is 0.925. The lowest BCUT2D eigenvalue weighted by atomic mass is 9.94. The van der Waals surface area contributed by atoms with E-state index in [9.17, 15) is 41.1 Å². The molecule has 6 aromatic rings. The number of nitrogens with zero attached hydrogens (tertiary/aromatic N) is 9. The number of aliphatic imine (C=N–C) groups is 3. The molecule has 0 radical (unpaired) electrons. The van der Waals surface area contributed by atoms with Crippen molar-refractivity contribution < 1.29 is 65.2 Å². The van der Waals surface area contributed by atoms with Gasteiger partial charge in [0, 0.05) is 130 Å². The van der Waals surface area contributed by atoms with Crippen LogP contribution < -0.4 is 16.0 Å². The lowest BCUT2D eigenvalue weighted by Gasteiger charge is -2.40. The van der Waals surface area contributed by atoms with Crippen molar-refractivity contribution in [3.05, 3.63) is 186 Å². The number of halogens is 8. The van der Waals surface area contributed by atoms with Crippen molar-refractivity contribution in [1.82, 2.24) is 45.6 Å². The van der Waals surface area contributed by atoms with E-state index in [-0.39, 0.29) is 56.2 Å². The Morgan fingerprint density at radius 3 is 1.20 bits per heavy atom. The molecule has 0 unspecified atom stereocenters. The van der Waals surface area contributed by atoms with Gasteiger partial charge in [0.25, 0.3) is 0 Å². The van der Waals surface area contributed by atoms with Crippen LogP contribution in [0.25, 0.3) is 0 Å². The fourth-order valence-electron chi connectivity index (χ4n) is 10.6. The van der Waals surface area contributed by atoms with Gasteiger partial charge in [0.05, 0.1) is 42.6 Å². The van der Waals surface area contributed by atoms with Crippen LogP contribution in [0.5, 0.6) is 0 Å². The van der Waals surface area contributed by atoms with Gasteiger partial charge in [-0.25, -0.2) is 56.1 Å². The maximum Gasteiger partial charge on any atom is 0.338 e. The molecular formula is C62H60Br2ClF5N12O9S3. The minimum absolute atomic E-state index is 0.151. The van der Waals surface area contributed by atoms with Crippen molar-refractivity contribution in [3.63, 3.8) is 0 Å². The zero-order valence-corrected chi connectivity index (χ0v) is 56.7. The van der Waals surface area contributed by atoms with E-state index < -0.39 is 71.8 Å². The van der Waals surface area contributed by atoms with E-state index >= 15 is 0 Å².